The van der Waals surface area contributed by atoms with Gasteiger partial charge in [-0.3, -0.25) is 0 Å². The highest BCUT2D eigenvalue weighted by Crippen LogP contribution is 2.31. The third-order valence-electron chi connectivity index (χ3n) is 4.53. The SMILES string of the molecule is CC(C)c1nc(N(C)S(C)(=O)=O)nc(-c2ccc(F)cc2)c1/C=C/C(O)C/C=C\C(=O)O. The third-order valence-corrected chi connectivity index (χ3v) is 5.69. The summed E-state index contributed by atoms with van der Waals surface area (Å²) in [4.78, 5) is 19.5. The Hall–Kier alpha value is -3.11. The van der Waals surface area contributed by atoms with Crippen LogP contribution in [0.25, 0.3) is 17.3 Å². The number of aliphatic carboxylic acids is 1. The van der Waals surface area contributed by atoms with Gasteiger partial charge in [-0.05, 0) is 36.6 Å². The molecule has 2 N–H and O–H groups in total. The van der Waals surface area contributed by atoms with Crippen molar-refractivity contribution < 1.29 is 27.8 Å². The number of aliphatic hydroxyl groups is 1. The second kappa shape index (κ2) is 10.5. The summed E-state index contributed by atoms with van der Waals surface area (Å²) in [6, 6.07) is 5.59. The van der Waals surface area contributed by atoms with Gasteiger partial charge in [-0.1, -0.05) is 32.1 Å². The van der Waals surface area contributed by atoms with Gasteiger partial charge >= 0.3 is 5.97 Å². The zero-order valence-corrected chi connectivity index (χ0v) is 19.0. The number of hydrogen-bond acceptors (Lipinski definition) is 6. The van der Waals surface area contributed by atoms with Gasteiger partial charge in [-0.25, -0.2) is 31.9 Å². The number of nitrogens with zero attached hydrogens (tertiary/aromatic N) is 3. The highest BCUT2D eigenvalue weighted by molar-refractivity contribution is 7.92. The molecule has 2 aromatic rings. The van der Waals surface area contributed by atoms with Crippen molar-refractivity contribution in [2.45, 2.75) is 32.3 Å². The molecule has 0 aliphatic rings. The lowest BCUT2D eigenvalue weighted by Crippen LogP contribution is -2.27. The molecule has 0 saturated heterocycles. The highest BCUT2D eigenvalue weighted by atomic mass is 32.2. The average Bonchev–Trinajstić information content (AvgIpc) is 2.70. The Bertz CT molecular complexity index is 1130. The molecule has 1 heterocycles. The number of hydrogen-bond donors (Lipinski definition) is 2. The van der Waals surface area contributed by atoms with Crippen LogP contribution in [0, 0.1) is 5.82 Å². The first-order valence-electron chi connectivity index (χ1n) is 9.77. The fourth-order valence-electron chi connectivity index (χ4n) is 2.79. The first-order chi connectivity index (χ1) is 14.9. The monoisotopic (exact) mass is 463 g/mol. The van der Waals surface area contributed by atoms with Crippen molar-refractivity contribution in [2.75, 3.05) is 17.6 Å². The van der Waals surface area contributed by atoms with Crippen molar-refractivity contribution in [1.82, 2.24) is 9.97 Å². The molecule has 0 bridgehead atoms. The molecule has 10 heteroatoms. The fraction of sp³-hybridized carbons (Fsp3) is 0.318. The maximum atomic E-state index is 13.5. The normalized spacial score (nSPS) is 13.2. The Morgan fingerprint density at radius 2 is 1.84 bits per heavy atom. The van der Waals surface area contributed by atoms with Crippen LogP contribution in [0.4, 0.5) is 10.3 Å². The van der Waals surface area contributed by atoms with Crippen LogP contribution in [-0.4, -0.2) is 54.0 Å². The molecule has 2 rings (SSSR count). The van der Waals surface area contributed by atoms with Crippen LogP contribution in [-0.2, 0) is 14.8 Å². The number of carbonyl (C=O) groups is 1. The molecule has 0 saturated carbocycles. The number of halogens is 1. The van der Waals surface area contributed by atoms with E-state index in [0.717, 1.165) is 16.6 Å². The smallest absolute Gasteiger partial charge is 0.327 e. The minimum atomic E-state index is -3.63. The minimum Gasteiger partial charge on any atom is -0.478 e. The summed E-state index contributed by atoms with van der Waals surface area (Å²) in [6.45, 7) is 3.76. The summed E-state index contributed by atoms with van der Waals surface area (Å²) in [5.41, 5.74) is 1.99. The fourth-order valence-corrected chi connectivity index (χ4v) is 3.17. The number of carboxylic acid groups (broad SMARTS) is 1. The Balaban J connectivity index is 2.65. The van der Waals surface area contributed by atoms with E-state index >= 15 is 0 Å². The van der Waals surface area contributed by atoms with Gasteiger partial charge in [0.25, 0.3) is 0 Å². The molecule has 172 valence electrons. The molecule has 0 amide bonds. The molecule has 1 unspecified atom stereocenters. The van der Waals surface area contributed by atoms with Gasteiger partial charge < -0.3 is 10.2 Å². The molecule has 1 atom stereocenters. The van der Waals surface area contributed by atoms with Crippen LogP contribution in [0.15, 0.2) is 42.5 Å². The van der Waals surface area contributed by atoms with E-state index < -0.39 is 27.9 Å². The molecule has 1 aromatic heterocycles. The lowest BCUT2D eigenvalue weighted by molar-refractivity contribution is -0.131. The second-order valence-electron chi connectivity index (χ2n) is 7.47. The van der Waals surface area contributed by atoms with E-state index in [-0.39, 0.29) is 18.3 Å². The zero-order chi connectivity index (χ0) is 24.1. The van der Waals surface area contributed by atoms with Crippen molar-refractivity contribution in [3.8, 4) is 11.3 Å². The molecule has 0 aliphatic carbocycles. The van der Waals surface area contributed by atoms with Gasteiger partial charge in [0.05, 0.1) is 23.7 Å². The zero-order valence-electron chi connectivity index (χ0n) is 18.2. The molecule has 0 fully saturated rings. The van der Waals surface area contributed by atoms with Gasteiger partial charge in [0.15, 0.2) is 0 Å². The first-order valence-corrected chi connectivity index (χ1v) is 11.6. The number of aromatic nitrogens is 2. The third kappa shape index (κ3) is 6.69. The van der Waals surface area contributed by atoms with Crippen molar-refractivity contribution in [2.24, 2.45) is 0 Å². The lowest BCUT2D eigenvalue weighted by atomic mass is 9.97. The predicted molar refractivity (Wildman–Crippen MR) is 121 cm³/mol. The van der Waals surface area contributed by atoms with Crippen LogP contribution in [0.1, 0.15) is 37.4 Å². The molecule has 1 aromatic carbocycles. The van der Waals surface area contributed by atoms with Gasteiger partial charge in [0, 0.05) is 24.3 Å². The van der Waals surface area contributed by atoms with E-state index in [2.05, 4.69) is 9.97 Å². The Labute approximate surface area is 186 Å². The van der Waals surface area contributed by atoms with Crippen molar-refractivity contribution >= 4 is 28.0 Å². The summed E-state index contributed by atoms with van der Waals surface area (Å²) in [5, 5.41) is 18.9. The number of benzene rings is 1. The van der Waals surface area contributed by atoms with Gasteiger partial charge in [0.2, 0.25) is 16.0 Å². The summed E-state index contributed by atoms with van der Waals surface area (Å²) >= 11 is 0. The number of aliphatic hydroxyl groups excluding tert-OH is 1. The number of rotatable bonds is 9. The maximum absolute atomic E-state index is 13.5. The summed E-state index contributed by atoms with van der Waals surface area (Å²) < 4.78 is 38.6. The van der Waals surface area contributed by atoms with E-state index in [1.165, 1.54) is 43.5 Å². The number of anilines is 1. The molecule has 8 nitrogen and oxygen atoms in total. The number of sulfonamides is 1. The Kier molecular flexibility index (Phi) is 8.23. The maximum Gasteiger partial charge on any atom is 0.327 e. The Morgan fingerprint density at radius 3 is 2.38 bits per heavy atom. The molecule has 0 radical (unpaired) electrons. The van der Waals surface area contributed by atoms with Gasteiger partial charge in [-0.2, -0.15) is 0 Å². The van der Waals surface area contributed by atoms with Crippen LogP contribution in [0.2, 0.25) is 0 Å². The first kappa shape index (κ1) is 25.2. The Morgan fingerprint density at radius 1 is 1.22 bits per heavy atom. The average molecular weight is 464 g/mol. The van der Waals surface area contributed by atoms with Crippen LogP contribution in [0.3, 0.4) is 0 Å². The van der Waals surface area contributed by atoms with E-state index in [1.54, 1.807) is 6.08 Å². The van der Waals surface area contributed by atoms with Crippen LogP contribution >= 0.6 is 0 Å². The molecule has 0 aliphatic heterocycles. The van der Waals surface area contributed by atoms with E-state index in [4.69, 9.17) is 5.11 Å². The van der Waals surface area contributed by atoms with Gasteiger partial charge in [-0.15, -0.1) is 0 Å². The molecule has 32 heavy (non-hydrogen) atoms. The quantitative estimate of drug-likeness (QED) is 0.548. The van der Waals surface area contributed by atoms with E-state index in [0.29, 0.717) is 22.5 Å². The topological polar surface area (TPSA) is 121 Å². The summed E-state index contributed by atoms with van der Waals surface area (Å²) in [5.74, 6) is -1.70. The second-order valence-corrected chi connectivity index (χ2v) is 9.48. The van der Waals surface area contributed by atoms with Crippen molar-refractivity contribution in [3.63, 3.8) is 0 Å². The minimum absolute atomic E-state index is 0.0300. The standard InChI is InChI=1S/C22H26FN3O5S/c1-14(2)20-18(13-12-17(27)6-5-7-19(28)29)21(15-8-10-16(23)11-9-15)25-22(24-20)26(3)32(4,30)31/h5,7-14,17,27H,6H2,1-4H3,(H,28,29)/b7-5-,13-12+. The van der Waals surface area contributed by atoms with Crippen LogP contribution < -0.4 is 4.31 Å². The van der Waals surface area contributed by atoms with Crippen LogP contribution in [0.5, 0.6) is 0 Å². The largest absolute Gasteiger partial charge is 0.478 e. The summed E-state index contributed by atoms with van der Waals surface area (Å²) in [7, 11) is -2.28. The van der Waals surface area contributed by atoms with E-state index in [1.807, 2.05) is 13.8 Å². The molecular weight excluding hydrogens is 437 g/mol. The number of carboxylic acids is 1. The molecule has 0 spiro atoms. The summed E-state index contributed by atoms with van der Waals surface area (Å²) in [6.07, 6.45) is 5.52. The molecular formula is C22H26FN3O5S. The van der Waals surface area contributed by atoms with Crippen molar-refractivity contribution in [1.29, 1.82) is 0 Å². The van der Waals surface area contributed by atoms with Gasteiger partial charge in [0.1, 0.15) is 5.82 Å². The lowest BCUT2D eigenvalue weighted by Gasteiger charge is -2.20. The predicted octanol–water partition coefficient (Wildman–Crippen LogP) is 3.21. The highest BCUT2D eigenvalue weighted by Gasteiger charge is 2.22. The van der Waals surface area contributed by atoms with E-state index in [9.17, 15) is 22.7 Å². The van der Waals surface area contributed by atoms with Crippen molar-refractivity contribution in [3.05, 3.63) is 59.6 Å².